The van der Waals surface area contributed by atoms with Gasteiger partial charge in [-0.15, -0.1) is 0 Å². The van der Waals surface area contributed by atoms with Crippen molar-refractivity contribution in [2.45, 2.75) is 237 Å². The molecule has 0 bridgehead atoms. The molecule has 0 aromatic heterocycles. The van der Waals surface area contributed by atoms with E-state index < -0.39 is 127 Å². The fraction of sp³-hybridized carbons (Fsp3) is 0.520. The molecule has 0 radical (unpaired) electrons. The summed E-state index contributed by atoms with van der Waals surface area (Å²) in [4.78, 5) is 22.8. The van der Waals surface area contributed by atoms with Crippen LogP contribution in [0.1, 0.15) is 173 Å². The van der Waals surface area contributed by atoms with Crippen LogP contribution in [0.4, 0.5) is 4.39 Å². The van der Waals surface area contributed by atoms with E-state index in [0.29, 0.717) is 64.9 Å². The second-order valence-electron chi connectivity index (χ2n) is 27.9. The zero-order valence-electron chi connectivity index (χ0n) is 61.5. The normalized spacial score (nSPS) is 21.5. The van der Waals surface area contributed by atoms with Crippen molar-refractivity contribution >= 4 is 132 Å². The number of rotatable bonds is 15. The van der Waals surface area contributed by atoms with Gasteiger partial charge in [-0.3, -0.25) is 25.0 Å². The fourth-order valence-electron chi connectivity index (χ4n) is 13.5. The molecule has 11 rings (SSSR count). The van der Waals surface area contributed by atoms with Gasteiger partial charge in [0.2, 0.25) is 0 Å². The van der Waals surface area contributed by atoms with Crippen molar-refractivity contribution in [3.05, 3.63) is 147 Å². The van der Waals surface area contributed by atoms with Gasteiger partial charge < -0.3 is 25.5 Å². The van der Waals surface area contributed by atoms with Gasteiger partial charge in [-0.2, -0.15) is 5.26 Å². The number of hydrogen-bond acceptors (Lipinski definition) is 11. The van der Waals surface area contributed by atoms with Crippen molar-refractivity contribution in [2.24, 2.45) is 36.3 Å². The molecule has 0 saturated heterocycles. The van der Waals surface area contributed by atoms with Gasteiger partial charge in [-0.05, 0) is 186 Å². The first-order valence-electron chi connectivity index (χ1n) is 35.0. The maximum atomic E-state index is 12.9. The Bertz CT molecular complexity index is 3470. The van der Waals surface area contributed by atoms with E-state index in [1.54, 1.807) is 12.4 Å². The Kier molecular flexibility index (Phi) is 54.2. The number of aromatic hydroxyl groups is 5. The molecular weight excluding hydrogens is 1950 g/mol. The van der Waals surface area contributed by atoms with E-state index in [4.69, 9.17) is 100 Å². The predicted molar refractivity (Wildman–Crippen MR) is 433 cm³/mol. The third kappa shape index (κ3) is 37.3. The van der Waals surface area contributed by atoms with Crippen LogP contribution < -0.4 is 0 Å². The van der Waals surface area contributed by atoms with Crippen molar-refractivity contribution in [3.8, 4) is 34.8 Å². The molecule has 5 aromatic rings. The van der Waals surface area contributed by atoms with Crippen LogP contribution in [0.5, 0.6) is 28.7 Å². The Morgan fingerprint density at radius 2 is 0.712 bits per heavy atom. The van der Waals surface area contributed by atoms with Crippen LogP contribution in [0.25, 0.3) is 0 Å². The van der Waals surface area contributed by atoms with E-state index in [9.17, 15) is 29.9 Å². The number of aliphatic imine (C=N–C) groups is 5. The second kappa shape index (κ2) is 56.0. The number of nitriles is 1. The number of halogens is 11. The first-order chi connectivity index (χ1) is 49.6. The van der Waals surface area contributed by atoms with Gasteiger partial charge in [0.05, 0.1) is 32.3 Å². The monoisotopic (exact) mass is 2040 g/mol. The molecule has 1 spiro atoms. The van der Waals surface area contributed by atoms with E-state index in [-0.39, 0.29) is 23.8 Å². The standard InChI is InChI=1S/C19H31NOSi.C16H25NOSi.C14H16N2O.C13H16FNO.C13H15NO.10ClH.5Zr/c1-5-22(6-2,7-3)18-12-11-17(13-18)20-14-16-10-8-9-15(4)19(16)21;1-12-6-5-7-13(16(12)18)11-17-14-8-9-15(10-14)19(2,3)4;1-10-3-2-4-12(14(10)17)9-16-13-6-5-11(7-13)8-15;1-9-3-2-4-10(13(9)16)8-15-12-6-5-11(14)7-12;1-9-3-2-4-10(12(9)15)8-14-11-7-13(11)5-6-13;;;;;;;;;;;;;;;/h8-10,14,17-18,21H,5-7,11-13H2,1-4H3;5-7,11,14-15,18H,8-10H2,1-4H3;2-4,9,11,13,17H,5-7H2,1H3;2-4,8,11-12,16H,5-7H2,1H3;2-4,8,11,15H,5-7H2,1H3;10*1H;;;;;/q;;;;;;;;;;;;;;;5*+2/p-10. The minimum atomic E-state index is -1.08. The van der Waals surface area contributed by atoms with Crippen molar-refractivity contribution in [1.82, 2.24) is 0 Å². The number of alkyl halides is 1. The number of phenolic OH excluding ortho intramolecular Hbond substituents is 5. The minimum absolute atomic E-state index is 0.0786. The summed E-state index contributed by atoms with van der Waals surface area (Å²) in [5.74, 6) is 1.83. The summed E-state index contributed by atoms with van der Waals surface area (Å²) in [5.41, 5.74) is 10.9. The molecule has 6 saturated carbocycles. The van der Waals surface area contributed by atoms with E-state index in [1.807, 2.05) is 144 Å². The molecule has 6 aliphatic carbocycles. The second-order valence-corrected chi connectivity index (χ2v) is 57.7. The molecular formula is C75H103Cl10FN6O5Si2Zr5. The van der Waals surface area contributed by atoms with Crippen molar-refractivity contribution in [1.29, 1.82) is 5.26 Å². The van der Waals surface area contributed by atoms with Gasteiger partial charge in [-0.1, -0.05) is 132 Å². The van der Waals surface area contributed by atoms with Crippen LogP contribution in [0, 0.1) is 57.3 Å². The SMILES string of the molecule is CC[Si](CC)(CC)C1CCC(N=Cc2cccc(C)c2O)C1.Cc1cccc(C=NC2CC23CC3)c1O.Cc1cccc(C=NC2CCC(C#N)C2)c1O.Cc1cccc(C=NC2CCC(F)C2)c1O.Cc1cccc(C=NC2CCC([Si](C)(C)C)C2)c1O.[Cl][Zr][Cl].[Cl][Zr][Cl].[Cl][Zr][Cl].[Cl][Zr][Cl].[Cl][Zr][Cl]. The molecule has 9 unspecified atom stereocenters. The summed E-state index contributed by atoms with van der Waals surface area (Å²) in [5, 5.41) is 58.2. The topological polar surface area (TPSA) is 187 Å². The zero-order valence-corrected chi connectivity index (χ0v) is 83.4. The average Bonchev–Trinajstić information content (AvgIpc) is 1.55. The van der Waals surface area contributed by atoms with Crippen LogP contribution in [0.2, 0.25) is 48.9 Å². The summed E-state index contributed by atoms with van der Waals surface area (Å²) >= 11 is -4.13. The summed E-state index contributed by atoms with van der Waals surface area (Å²) in [6.45, 7) is 24.1. The quantitative estimate of drug-likeness (QED) is 0.0513. The molecule has 568 valence electrons. The molecule has 104 heavy (non-hydrogen) atoms. The molecule has 6 fully saturated rings. The van der Waals surface area contributed by atoms with Gasteiger partial charge in [0.25, 0.3) is 0 Å². The van der Waals surface area contributed by atoms with Gasteiger partial charge in [0.15, 0.2) is 0 Å². The van der Waals surface area contributed by atoms with Gasteiger partial charge >= 0.3 is 189 Å². The Morgan fingerprint density at radius 1 is 0.433 bits per heavy atom. The Hall–Kier alpha value is 0.619. The molecule has 29 heteroatoms. The number of aryl methyl sites for hydroxylation is 5. The van der Waals surface area contributed by atoms with E-state index >= 15 is 0 Å². The zero-order chi connectivity index (χ0) is 78.0. The molecule has 0 amide bonds. The van der Waals surface area contributed by atoms with Crippen LogP contribution >= 0.6 is 85.1 Å². The summed E-state index contributed by atoms with van der Waals surface area (Å²) in [6, 6.07) is 36.9. The molecule has 0 heterocycles. The van der Waals surface area contributed by atoms with Crippen molar-refractivity contribution in [2.75, 3.05) is 0 Å². The van der Waals surface area contributed by atoms with Crippen molar-refractivity contribution in [3.63, 3.8) is 0 Å². The first kappa shape index (κ1) is 101. The number of phenols is 5. The van der Waals surface area contributed by atoms with Gasteiger partial charge in [0, 0.05) is 91.4 Å². The van der Waals surface area contributed by atoms with Gasteiger partial charge in [-0.25, -0.2) is 4.39 Å². The molecule has 0 aliphatic heterocycles. The fourth-order valence-corrected chi connectivity index (χ4v) is 20.3. The van der Waals surface area contributed by atoms with Crippen LogP contribution in [0.3, 0.4) is 0 Å². The summed E-state index contributed by atoms with van der Waals surface area (Å²) < 4.78 is 12.9. The average molecular weight is 2050 g/mol. The Labute approximate surface area is 716 Å². The summed E-state index contributed by atoms with van der Waals surface area (Å²) in [6.07, 6.45) is 24.6. The molecule has 9 atom stereocenters. The van der Waals surface area contributed by atoms with Crippen LogP contribution in [0.15, 0.2) is 116 Å². The summed E-state index contributed by atoms with van der Waals surface area (Å²) in [7, 11) is 47.2. The van der Waals surface area contributed by atoms with Crippen LogP contribution in [-0.2, 0) is 104 Å². The number of para-hydroxylation sites is 5. The first-order valence-corrected chi connectivity index (χ1v) is 73.0. The molecule has 11 nitrogen and oxygen atoms in total. The Morgan fingerprint density at radius 3 is 0.971 bits per heavy atom. The predicted octanol–water partition coefficient (Wildman–Crippen LogP) is 25.3. The van der Waals surface area contributed by atoms with Gasteiger partial charge in [0.1, 0.15) is 34.9 Å². The molecule has 6 aliphatic rings. The Balaban J connectivity index is 0.000000422. The number of benzene rings is 5. The third-order valence-corrected chi connectivity index (χ3v) is 29.9. The van der Waals surface area contributed by atoms with E-state index in [2.05, 4.69) is 61.5 Å². The third-order valence-electron chi connectivity index (χ3n) is 20.4. The van der Waals surface area contributed by atoms with E-state index in [0.717, 1.165) is 86.8 Å². The number of nitrogens with zero attached hydrogens (tertiary/aromatic N) is 6. The number of hydrogen-bond donors (Lipinski definition) is 5. The molecule has 5 aromatic carbocycles. The molecule has 5 N–H and O–H groups in total. The van der Waals surface area contributed by atoms with Crippen molar-refractivity contribution < 1.29 is 134 Å². The maximum absolute atomic E-state index is 12.9. The van der Waals surface area contributed by atoms with E-state index in [1.165, 1.54) is 75.9 Å². The van der Waals surface area contributed by atoms with Crippen LogP contribution in [-0.4, -0.2) is 109 Å².